The molecule has 2 fully saturated rings. The second-order valence-electron chi connectivity index (χ2n) is 17.6. The first-order valence-electron chi connectivity index (χ1n) is 20.2. The SMILES string of the molecule is N#Cc1cc2c(c3c1CC1(CCCC1)C3)c1cc3c(c4ccccc4n3-c3cccc4ccccc34)c3c4c5c(c(C#N)cc4n2c13)CC1(CCCC1)C5. The minimum atomic E-state index is 0.261. The maximum Gasteiger partial charge on any atom is 0.0995 e. The third-order valence-electron chi connectivity index (χ3n) is 15.0. The first-order valence-corrected chi connectivity index (χ1v) is 20.2. The lowest BCUT2D eigenvalue weighted by molar-refractivity contribution is 0.318. The molecule has 9 aromatic rings. The van der Waals surface area contributed by atoms with Crippen molar-refractivity contribution < 1.29 is 0 Å². The van der Waals surface area contributed by atoms with Gasteiger partial charge in [-0.25, -0.2) is 0 Å². The van der Waals surface area contributed by atoms with Gasteiger partial charge in [0, 0.05) is 37.7 Å². The number of aromatic nitrogens is 2. The van der Waals surface area contributed by atoms with Crippen LogP contribution in [0.1, 0.15) is 84.7 Å². The van der Waals surface area contributed by atoms with Crippen LogP contribution in [0.4, 0.5) is 0 Å². The predicted octanol–water partition coefficient (Wildman–Crippen LogP) is 12.1. The predicted molar refractivity (Wildman–Crippen MR) is 219 cm³/mol. The molecule has 3 aromatic heterocycles. The molecule has 13 rings (SSSR count). The molecule has 0 amide bonds. The normalized spacial score (nSPS) is 18.5. The molecule has 4 aliphatic carbocycles. The van der Waals surface area contributed by atoms with Gasteiger partial charge in [-0.05, 0) is 120 Å². The number of nitrogens with zero attached hydrogens (tertiary/aromatic N) is 4. The van der Waals surface area contributed by atoms with E-state index in [4.69, 9.17) is 0 Å². The Balaban J connectivity index is 1.29. The zero-order valence-corrected chi connectivity index (χ0v) is 30.4. The van der Waals surface area contributed by atoms with Gasteiger partial charge in [0.15, 0.2) is 0 Å². The highest BCUT2D eigenvalue weighted by atomic mass is 15.0. The molecule has 2 spiro atoms. The van der Waals surface area contributed by atoms with Crippen LogP contribution in [0.25, 0.3) is 76.4 Å². The lowest BCUT2D eigenvalue weighted by Gasteiger charge is -2.21. The average Bonchev–Trinajstić information content (AvgIpc) is 4.07. The van der Waals surface area contributed by atoms with Crippen LogP contribution >= 0.6 is 0 Å². The van der Waals surface area contributed by atoms with E-state index in [0.29, 0.717) is 0 Å². The smallest absolute Gasteiger partial charge is 0.0995 e. The number of fused-ring (bicyclic) bond motifs is 15. The fraction of sp³-hybridized carbons (Fsp3) is 0.280. The molecule has 0 N–H and O–H groups in total. The molecule has 2 saturated carbocycles. The standard InChI is InChI=1S/C50H38N4/c51-27-30-20-41-44(37-25-49(23-35(30)37)16-5-6-17-49)34-22-43-45(33-13-3-4-14-40(33)53(43)39-15-9-11-29-10-1-2-12-32(29)39)47-46-38-26-50(18-7-8-19-50)24-36(38)31(28-52)21-42(46)54(41)48(34)47/h1-4,9-15,20-22H,5-8,16-19,23-26H2. The monoisotopic (exact) mass is 694 g/mol. The van der Waals surface area contributed by atoms with E-state index in [0.717, 1.165) is 47.8 Å². The molecular weight excluding hydrogens is 657 g/mol. The van der Waals surface area contributed by atoms with E-state index in [1.807, 2.05) is 0 Å². The molecule has 3 heterocycles. The minimum Gasteiger partial charge on any atom is -0.309 e. The molecule has 0 atom stereocenters. The first-order chi connectivity index (χ1) is 26.6. The number of benzene rings is 6. The van der Waals surface area contributed by atoms with Gasteiger partial charge in [-0.1, -0.05) is 80.3 Å². The Morgan fingerprint density at radius 1 is 0.481 bits per heavy atom. The summed E-state index contributed by atoms with van der Waals surface area (Å²) >= 11 is 0. The van der Waals surface area contributed by atoms with Crippen molar-refractivity contribution in [3.8, 4) is 17.8 Å². The van der Waals surface area contributed by atoms with Gasteiger partial charge in [0.2, 0.25) is 0 Å². The molecule has 0 aliphatic heterocycles. The van der Waals surface area contributed by atoms with Gasteiger partial charge in [-0.15, -0.1) is 0 Å². The van der Waals surface area contributed by atoms with Crippen molar-refractivity contribution in [1.82, 2.24) is 8.97 Å². The number of nitriles is 2. The summed E-state index contributed by atoms with van der Waals surface area (Å²) in [5.41, 5.74) is 14.8. The fourth-order valence-corrected chi connectivity index (χ4v) is 12.9. The highest BCUT2D eigenvalue weighted by Gasteiger charge is 2.44. The van der Waals surface area contributed by atoms with Crippen LogP contribution in [0.3, 0.4) is 0 Å². The van der Waals surface area contributed by atoms with E-state index in [-0.39, 0.29) is 10.8 Å². The van der Waals surface area contributed by atoms with E-state index in [1.54, 1.807) is 0 Å². The number of hydrogen-bond acceptors (Lipinski definition) is 2. The van der Waals surface area contributed by atoms with E-state index in [2.05, 4.69) is 106 Å². The zero-order valence-electron chi connectivity index (χ0n) is 30.4. The van der Waals surface area contributed by atoms with Gasteiger partial charge >= 0.3 is 0 Å². The average molecular weight is 695 g/mol. The Bertz CT molecular complexity index is 3250. The first kappa shape index (κ1) is 29.6. The quantitative estimate of drug-likeness (QED) is 0.172. The molecule has 4 heteroatoms. The molecule has 4 nitrogen and oxygen atoms in total. The Kier molecular flexibility index (Phi) is 5.49. The number of hydrogen-bond donors (Lipinski definition) is 0. The van der Waals surface area contributed by atoms with Gasteiger partial charge in [-0.2, -0.15) is 10.5 Å². The molecule has 0 saturated heterocycles. The third-order valence-corrected chi connectivity index (χ3v) is 15.0. The summed E-state index contributed by atoms with van der Waals surface area (Å²) in [6.07, 6.45) is 14.3. The van der Waals surface area contributed by atoms with Crippen LogP contribution in [0.15, 0.2) is 84.9 Å². The van der Waals surface area contributed by atoms with Crippen molar-refractivity contribution in [3.05, 3.63) is 118 Å². The summed E-state index contributed by atoms with van der Waals surface area (Å²) in [4.78, 5) is 0. The maximum absolute atomic E-state index is 10.8. The largest absolute Gasteiger partial charge is 0.309 e. The van der Waals surface area contributed by atoms with Crippen molar-refractivity contribution in [3.63, 3.8) is 0 Å². The second-order valence-corrected chi connectivity index (χ2v) is 17.6. The van der Waals surface area contributed by atoms with E-state index in [1.165, 1.54) is 139 Å². The van der Waals surface area contributed by atoms with Gasteiger partial charge in [0.25, 0.3) is 0 Å². The summed E-state index contributed by atoms with van der Waals surface area (Å²) in [6, 6.07) is 36.8. The van der Waals surface area contributed by atoms with Gasteiger partial charge in [0.05, 0.1) is 56.5 Å². The molecule has 54 heavy (non-hydrogen) atoms. The van der Waals surface area contributed by atoms with Crippen LogP contribution < -0.4 is 0 Å². The van der Waals surface area contributed by atoms with Crippen molar-refractivity contribution in [2.24, 2.45) is 10.8 Å². The lowest BCUT2D eigenvalue weighted by atomic mass is 9.83. The van der Waals surface area contributed by atoms with Gasteiger partial charge < -0.3 is 8.97 Å². The molecule has 4 aliphatic rings. The van der Waals surface area contributed by atoms with Crippen LogP contribution in [-0.2, 0) is 25.7 Å². The topological polar surface area (TPSA) is 56.9 Å². The Morgan fingerprint density at radius 2 is 1.06 bits per heavy atom. The minimum absolute atomic E-state index is 0.261. The Morgan fingerprint density at radius 3 is 1.74 bits per heavy atom. The van der Waals surface area contributed by atoms with Crippen LogP contribution in [0.2, 0.25) is 0 Å². The molecule has 0 radical (unpaired) electrons. The summed E-state index contributed by atoms with van der Waals surface area (Å²) in [7, 11) is 0. The van der Waals surface area contributed by atoms with Crippen LogP contribution in [-0.4, -0.2) is 8.97 Å². The molecule has 0 unspecified atom stereocenters. The number of rotatable bonds is 1. The molecular formula is C50H38N4. The van der Waals surface area contributed by atoms with E-state index >= 15 is 0 Å². The zero-order chi connectivity index (χ0) is 35.5. The highest BCUT2D eigenvalue weighted by molar-refractivity contribution is 6.37. The summed E-state index contributed by atoms with van der Waals surface area (Å²) in [5, 5.41) is 31.9. The van der Waals surface area contributed by atoms with Gasteiger partial charge in [-0.3, -0.25) is 0 Å². The highest BCUT2D eigenvalue weighted by Crippen LogP contribution is 2.57. The fourth-order valence-electron chi connectivity index (χ4n) is 12.9. The Labute approximate surface area is 313 Å². The molecule has 0 bridgehead atoms. The van der Waals surface area contributed by atoms with Crippen LogP contribution in [0.5, 0.6) is 0 Å². The van der Waals surface area contributed by atoms with Crippen molar-refractivity contribution in [1.29, 1.82) is 10.5 Å². The maximum atomic E-state index is 10.8. The van der Waals surface area contributed by atoms with Gasteiger partial charge in [0.1, 0.15) is 0 Å². The van der Waals surface area contributed by atoms with E-state index < -0.39 is 0 Å². The molecule has 6 aromatic carbocycles. The summed E-state index contributed by atoms with van der Waals surface area (Å²) in [5.74, 6) is 0. The molecule has 258 valence electrons. The third kappa shape index (κ3) is 3.49. The lowest BCUT2D eigenvalue weighted by Crippen LogP contribution is -2.15. The van der Waals surface area contributed by atoms with Crippen LogP contribution in [0, 0.1) is 33.5 Å². The summed E-state index contributed by atoms with van der Waals surface area (Å²) in [6.45, 7) is 0. The van der Waals surface area contributed by atoms with E-state index in [9.17, 15) is 10.5 Å². The van der Waals surface area contributed by atoms with Crippen molar-refractivity contribution in [2.45, 2.75) is 77.0 Å². The number of para-hydroxylation sites is 1. The second kappa shape index (κ2) is 10.0. The summed E-state index contributed by atoms with van der Waals surface area (Å²) < 4.78 is 5.04. The van der Waals surface area contributed by atoms with Crippen molar-refractivity contribution in [2.75, 3.05) is 0 Å². The Hall–Kier alpha value is -5.84. The van der Waals surface area contributed by atoms with Crippen molar-refractivity contribution >= 4 is 70.7 Å².